The third-order valence-electron chi connectivity index (χ3n) is 6.46. The number of rotatable bonds is 0. The van der Waals surface area contributed by atoms with E-state index in [-0.39, 0.29) is 5.41 Å². The lowest BCUT2D eigenvalue weighted by atomic mass is 9.73. The Bertz CT molecular complexity index is 1430. The highest BCUT2D eigenvalue weighted by molar-refractivity contribution is 9.10. The second-order valence-electron chi connectivity index (χ2n) is 7.74. The van der Waals surface area contributed by atoms with Gasteiger partial charge in [-0.25, -0.2) is 4.98 Å². The molecule has 0 fully saturated rings. The summed E-state index contributed by atoms with van der Waals surface area (Å²) in [4.78, 5) is 5.23. The molecular weight excluding hydrogens is 420 g/mol. The van der Waals surface area contributed by atoms with Gasteiger partial charge in [0.1, 0.15) is 11.2 Å². The van der Waals surface area contributed by atoms with Crippen molar-refractivity contribution in [2.45, 2.75) is 5.41 Å². The first kappa shape index (κ1) is 15.7. The quantitative estimate of drug-likeness (QED) is 0.267. The molecule has 4 aromatic carbocycles. The van der Waals surface area contributed by atoms with Crippen LogP contribution in [0, 0.1) is 0 Å². The number of imidazole rings is 1. The third-order valence-corrected chi connectivity index (χ3v) is 7.10. The fourth-order valence-corrected chi connectivity index (χ4v) is 5.98. The van der Waals surface area contributed by atoms with Gasteiger partial charge in [-0.1, -0.05) is 72.8 Å². The van der Waals surface area contributed by atoms with Gasteiger partial charge in [-0.15, -0.1) is 0 Å². The maximum Gasteiger partial charge on any atom is 0.134 e. The molecule has 0 atom stereocenters. The molecule has 3 heteroatoms. The highest BCUT2D eigenvalue weighted by Gasteiger charge is 2.54. The molecule has 136 valence electrons. The highest BCUT2D eigenvalue weighted by atomic mass is 79.9. The number of fused-ring (bicyclic) bond motifs is 12. The molecule has 7 rings (SSSR count). The van der Waals surface area contributed by atoms with Gasteiger partial charge < -0.3 is 0 Å². The van der Waals surface area contributed by atoms with Crippen molar-refractivity contribution in [3.8, 4) is 16.8 Å². The van der Waals surface area contributed by atoms with Gasteiger partial charge in [-0.2, -0.15) is 0 Å². The summed E-state index contributed by atoms with van der Waals surface area (Å²) in [5, 5.41) is 0. The summed E-state index contributed by atoms with van der Waals surface area (Å²) < 4.78 is 3.42. The molecule has 0 radical (unpaired) electrons. The molecule has 0 N–H and O–H groups in total. The maximum atomic E-state index is 5.23. The first-order valence-electron chi connectivity index (χ1n) is 9.78. The predicted molar refractivity (Wildman–Crippen MR) is 120 cm³/mol. The van der Waals surface area contributed by atoms with Crippen molar-refractivity contribution < 1.29 is 0 Å². The first-order valence-corrected chi connectivity index (χ1v) is 10.6. The van der Waals surface area contributed by atoms with Crippen LogP contribution in [0.2, 0.25) is 0 Å². The maximum absolute atomic E-state index is 5.23. The van der Waals surface area contributed by atoms with Crippen molar-refractivity contribution >= 4 is 27.0 Å². The van der Waals surface area contributed by atoms with Crippen molar-refractivity contribution in [2.24, 2.45) is 0 Å². The second kappa shape index (κ2) is 5.25. The van der Waals surface area contributed by atoms with Crippen LogP contribution in [0.1, 0.15) is 22.5 Å². The third kappa shape index (κ3) is 1.68. The zero-order valence-corrected chi connectivity index (χ0v) is 17.0. The van der Waals surface area contributed by atoms with Crippen molar-refractivity contribution in [3.63, 3.8) is 0 Å². The number of nitrogens with zero attached hydrogens (tertiary/aromatic N) is 2. The van der Waals surface area contributed by atoms with Crippen LogP contribution in [-0.4, -0.2) is 9.55 Å². The van der Waals surface area contributed by atoms with E-state index < -0.39 is 0 Å². The molecule has 1 aliphatic heterocycles. The number of hydrogen-bond donors (Lipinski definition) is 0. The Morgan fingerprint density at radius 3 is 2.00 bits per heavy atom. The van der Waals surface area contributed by atoms with E-state index in [0.717, 1.165) is 21.3 Å². The van der Waals surface area contributed by atoms with E-state index in [4.69, 9.17) is 4.98 Å². The minimum Gasteiger partial charge on any atom is -0.293 e. The van der Waals surface area contributed by atoms with Crippen molar-refractivity contribution in [1.29, 1.82) is 0 Å². The van der Waals surface area contributed by atoms with Gasteiger partial charge in [-0.05, 0) is 61.9 Å². The summed E-state index contributed by atoms with van der Waals surface area (Å²) in [7, 11) is 0. The Kier molecular flexibility index (Phi) is 2.84. The molecule has 5 aromatic rings. The lowest BCUT2D eigenvalue weighted by Gasteiger charge is -2.27. The average molecular weight is 435 g/mol. The Balaban J connectivity index is 1.77. The summed E-state index contributed by atoms with van der Waals surface area (Å²) in [6.45, 7) is 0. The van der Waals surface area contributed by atoms with Crippen LogP contribution < -0.4 is 0 Å². The van der Waals surface area contributed by atoms with Crippen molar-refractivity contribution in [3.05, 3.63) is 118 Å². The molecule has 0 unspecified atom stereocenters. The molecule has 1 spiro atoms. The number of para-hydroxylation sites is 2. The Hall–Kier alpha value is -3.17. The van der Waals surface area contributed by atoms with Crippen molar-refractivity contribution in [2.75, 3.05) is 0 Å². The lowest BCUT2D eigenvalue weighted by molar-refractivity contribution is 0.738. The molecule has 0 saturated heterocycles. The standard InChI is InChI=1S/C26H15BrN2/c27-21-13-7-14-22-24(21)29-23-15-6-5-12-20(23)26(25(29)28-22)18-10-3-1-8-16(18)17-9-2-4-11-19(17)26/h1-15H. The van der Waals surface area contributed by atoms with E-state index >= 15 is 0 Å². The molecule has 0 amide bonds. The van der Waals surface area contributed by atoms with E-state index in [1.54, 1.807) is 0 Å². The molecule has 0 bridgehead atoms. The van der Waals surface area contributed by atoms with Crippen LogP contribution in [0.25, 0.3) is 27.8 Å². The van der Waals surface area contributed by atoms with Gasteiger partial charge in [0, 0.05) is 4.47 Å². The zero-order chi connectivity index (χ0) is 19.2. The van der Waals surface area contributed by atoms with E-state index in [1.165, 1.54) is 33.5 Å². The normalized spacial score (nSPS) is 14.7. The number of aromatic nitrogens is 2. The summed E-state index contributed by atoms with van der Waals surface area (Å²) in [6.07, 6.45) is 0. The van der Waals surface area contributed by atoms with Gasteiger partial charge in [0.25, 0.3) is 0 Å². The minimum absolute atomic E-state index is 0.387. The lowest BCUT2D eigenvalue weighted by Crippen LogP contribution is -2.27. The van der Waals surface area contributed by atoms with Crippen LogP contribution in [0.5, 0.6) is 0 Å². The molecule has 2 aliphatic rings. The van der Waals surface area contributed by atoms with Crippen LogP contribution in [-0.2, 0) is 5.41 Å². The van der Waals surface area contributed by atoms with E-state index in [9.17, 15) is 0 Å². The summed E-state index contributed by atoms with van der Waals surface area (Å²) in [5.41, 5.74) is 9.52. The Morgan fingerprint density at radius 2 is 1.28 bits per heavy atom. The first-order chi connectivity index (χ1) is 14.3. The van der Waals surface area contributed by atoms with Gasteiger partial charge in [0.2, 0.25) is 0 Å². The molecule has 0 saturated carbocycles. The molecular formula is C26H15BrN2. The highest BCUT2D eigenvalue weighted by Crippen LogP contribution is 2.60. The van der Waals surface area contributed by atoms with Crippen LogP contribution in [0.4, 0.5) is 0 Å². The van der Waals surface area contributed by atoms with Crippen LogP contribution in [0.3, 0.4) is 0 Å². The monoisotopic (exact) mass is 434 g/mol. The van der Waals surface area contributed by atoms with Gasteiger partial charge >= 0.3 is 0 Å². The minimum atomic E-state index is -0.387. The Morgan fingerprint density at radius 1 is 0.655 bits per heavy atom. The average Bonchev–Trinajstić information content (AvgIpc) is 3.38. The predicted octanol–water partition coefficient (Wildman–Crippen LogP) is 6.46. The fourth-order valence-electron chi connectivity index (χ4n) is 5.44. The number of hydrogen-bond acceptors (Lipinski definition) is 1. The number of halogens is 1. The molecule has 2 nitrogen and oxygen atoms in total. The fraction of sp³-hybridized carbons (Fsp3) is 0.0385. The second-order valence-corrected chi connectivity index (χ2v) is 8.59. The summed E-state index contributed by atoms with van der Waals surface area (Å²) >= 11 is 3.78. The van der Waals surface area contributed by atoms with E-state index in [1.807, 2.05) is 0 Å². The Labute approximate surface area is 176 Å². The van der Waals surface area contributed by atoms with Gasteiger partial charge in [0.05, 0.1) is 16.7 Å². The molecule has 2 heterocycles. The largest absolute Gasteiger partial charge is 0.293 e. The summed E-state index contributed by atoms with van der Waals surface area (Å²) in [5.74, 6) is 1.08. The van der Waals surface area contributed by atoms with Crippen molar-refractivity contribution in [1.82, 2.24) is 9.55 Å². The van der Waals surface area contributed by atoms with E-state index in [2.05, 4.69) is 111 Å². The molecule has 1 aromatic heterocycles. The SMILES string of the molecule is Brc1cccc2nc3n(c12)-c1ccccc1C31c2ccccc2-c2ccccc21. The molecule has 1 aliphatic carbocycles. The van der Waals surface area contributed by atoms with Gasteiger partial charge in [0.15, 0.2) is 0 Å². The van der Waals surface area contributed by atoms with Crippen LogP contribution >= 0.6 is 15.9 Å². The summed E-state index contributed by atoms with van der Waals surface area (Å²) in [6, 6.07) is 32.6. The topological polar surface area (TPSA) is 17.8 Å². The number of benzene rings is 4. The zero-order valence-electron chi connectivity index (χ0n) is 15.4. The smallest absolute Gasteiger partial charge is 0.134 e. The van der Waals surface area contributed by atoms with Gasteiger partial charge in [-0.3, -0.25) is 4.57 Å². The molecule has 29 heavy (non-hydrogen) atoms. The van der Waals surface area contributed by atoms with Crippen LogP contribution in [0.15, 0.2) is 95.5 Å². The van der Waals surface area contributed by atoms with E-state index in [0.29, 0.717) is 0 Å².